The summed E-state index contributed by atoms with van der Waals surface area (Å²) in [7, 11) is 1.79. The molecule has 4 heterocycles. The van der Waals surface area contributed by atoms with E-state index in [9.17, 15) is 19.5 Å². The topological polar surface area (TPSA) is 81.2 Å². The maximum Gasteiger partial charge on any atom is 0.247 e. The molecule has 0 radical (unpaired) electrons. The number of rotatable bonds is 5. The number of carbonyl (C=O) groups excluding carboxylic acids is 3. The van der Waals surface area contributed by atoms with E-state index in [0.29, 0.717) is 32.5 Å². The number of unbranched alkanes of at least 4 members (excludes halogenated alkanes) is 1. The van der Waals surface area contributed by atoms with Crippen LogP contribution in [-0.2, 0) is 14.4 Å². The molecule has 1 spiro atoms. The maximum absolute atomic E-state index is 14.2. The van der Waals surface area contributed by atoms with Crippen LogP contribution >= 0.6 is 11.8 Å². The second-order valence-electron chi connectivity index (χ2n) is 10.1. The number of amides is 3. The molecule has 5 aliphatic rings. The highest BCUT2D eigenvalue weighted by atomic mass is 32.2. The molecule has 1 unspecified atom stereocenters. The number of carbonyl (C=O) groups is 3. The van der Waals surface area contributed by atoms with Crippen LogP contribution in [0.1, 0.15) is 44.9 Å². The minimum absolute atomic E-state index is 0.00193. The van der Waals surface area contributed by atoms with Crippen LogP contribution in [0.15, 0.2) is 24.3 Å². The molecule has 0 aromatic rings. The Kier molecular flexibility index (Phi) is 6.33. The van der Waals surface area contributed by atoms with Gasteiger partial charge in [-0.2, -0.15) is 0 Å². The largest absolute Gasteiger partial charge is 0.396 e. The van der Waals surface area contributed by atoms with Crippen molar-refractivity contribution in [2.45, 2.75) is 67.0 Å². The quantitative estimate of drug-likeness (QED) is 0.487. The maximum atomic E-state index is 14.2. The van der Waals surface area contributed by atoms with Gasteiger partial charge in [0.2, 0.25) is 17.7 Å². The van der Waals surface area contributed by atoms with Crippen LogP contribution < -0.4 is 0 Å². The van der Waals surface area contributed by atoms with E-state index >= 15 is 0 Å². The van der Waals surface area contributed by atoms with Crippen molar-refractivity contribution in [2.75, 3.05) is 33.3 Å². The average Bonchev–Trinajstić information content (AvgIpc) is 3.13. The molecule has 180 valence electrons. The number of likely N-dealkylation sites (tertiary alicyclic amines) is 1. The Hall–Kier alpha value is -1.80. The zero-order valence-corrected chi connectivity index (χ0v) is 20.2. The molecule has 3 amide bonds. The van der Waals surface area contributed by atoms with Gasteiger partial charge in [-0.05, 0) is 25.7 Å². The van der Waals surface area contributed by atoms with Crippen molar-refractivity contribution in [2.24, 2.45) is 11.8 Å². The van der Waals surface area contributed by atoms with Crippen molar-refractivity contribution in [1.29, 1.82) is 0 Å². The first-order valence-corrected chi connectivity index (χ1v) is 13.4. The van der Waals surface area contributed by atoms with E-state index in [-0.39, 0.29) is 35.6 Å². The molecule has 0 bridgehead atoms. The number of aliphatic hydroxyl groups excluding tert-OH is 1. The van der Waals surface area contributed by atoms with Crippen molar-refractivity contribution >= 4 is 29.5 Å². The van der Waals surface area contributed by atoms with Crippen molar-refractivity contribution in [3.63, 3.8) is 0 Å². The minimum atomic E-state index is -0.718. The smallest absolute Gasteiger partial charge is 0.247 e. The van der Waals surface area contributed by atoms with Gasteiger partial charge in [-0.1, -0.05) is 43.6 Å². The Morgan fingerprint density at radius 3 is 2.58 bits per heavy atom. The van der Waals surface area contributed by atoms with E-state index < -0.39 is 22.6 Å². The van der Waals surface area contributed by atoms with Gasteiger partial charge in [0.1, 0.15) is 6.04 Å². The van der Waals surface area contributed by atoms with Crippen molar-refractivity contribution in [3.05, 3.63) is 24.3 Å². The third-order valence-corrected chi connectivity index (χ3v) is 9.96. The monoisotopic (exact) mass is 473 g/mol. The highest BCUT2D eigenvalue weighted by molar-refractivity contribution is 8.02. The predicted molar refractivity (Wildman–Crippen MR) is 127 cm³/mol. The van der Waals surface area contributed by atoms with E-state index in [2.05, 4.69) is 18.2 Å². The summed E-state index contributed by atoms with van der Waals surface area (Å²) in [5.74, 6) is -1.01. The Labute approximate surface area is 200 Å². The third-order valence-electron chi connectivity index (χ3n) is 8.21. The zero-order chi connectivity index (χ0) is 23.2. The molecule has 0 aromatic heterocycles. The van der Waals surface area contributed by atoms with E-state index in [0.717, 1.165) is 25.7 Å². The number of aliphatic hydroxyl groups is 1. The van der Waals surface area contributed by atoms with E-state index in [1.807, 2.05) is 11.0 Å². The third kappa shape index (κ3) is 3.64. The summed E-state index contributed by atoms with van der Waals surface area (Å²) in [5.41, 5.74) is 0. The summed E-state index contributed by atoms with van der Waals surface area (Å²) in [4.78, 5) is 47.0. The fraction of sp³-hybridized carbons (Fsp3) is 0.720. The Bertz CT molecular complexity index is 870. The fourth-order valence-corrected chi connectivity index (χ4v) is 8.64. The predicted octanol–water partition coefficient (Wildman–Crippen LogP) is 1.82. The van der Waals surface area contributed by atoms with Crippen molar-refractivity contribution in [1.82, 2.24) is 14.7 Å². The van der Waals surface area contributed by atoms with Crippen LogP contribution in [0.3, 0.4) is 0 Å². The number of hydrogen-bond donors (Lipinski definition) is 1. The lowest BCUT2D eigenvalue weighted by Gasteiger charge is -2.39. The number of nitrogens with zero attached hydrogens (tertiary/aromatic N) is 3. The molecule has 7 nitrogen and oxygen atoms in total. The van der Waals surface area contributed by atoms with Crippen LogP contribution in [-0.4, -0.2) is 92.9 Å². The van der Waals surface area contributed by atoms with Gasteiger partial charge in [0, 0.05) is 44.6 Å². The second-order valence-corrected chi connectivity index (χ2v) is 11.6. The van der Waals surface area contributed by atoms with Crippen molar-refractivity contribution in [3.8, 4) is 0 Å². The molecule has 1 saturated carbocycles. The summed E-state index contributed by atoms with van der Waals surface area (Å²) in [6, 6.07) is -0.359. The molecule has 2 saturated heterocycles. The van der Waals surface area contributed by atoms with Gasteiger partial charge >= 0.3 is 0 Å². The zero-order valence-electron chi connectivity index (χ0n) is 19.4. The fourth-order valence-electron chi connectivity index (χ4n) is 6.64. The number of fused-ring (bicyclic) bond motifs is 2. The summed E-state index contributed by atoms with van der Waals surface area (Å²) < 4.78 is -0.718. The van der Waals surface area contributed by atoms with Gasteiger partial charge in [0.15, 0.2) is 0 Å². The Morgan fingerprint density at radius 2 is 1.82 bits per heavy atom. The van der Waals surface area contributed by atoms with Crippen LogP contribution in [0.5, 0.6) is 0 Å². The molecule has 0 aromatic carbocycles. The molecule has 8 heteroatoms. The summed E-state index contributed by atoms with van der Waals surface area (Å²) in [6.45, 7) is 1.63. The van der Waals surface area contributed by atoms with Crippen molar-refractivity contribution < 1.29 is 19.5 Å². The number of thioether (sulfide) groups is 1. The van der Waals surface area contributed by atoms with Gasteiger partial charge in [-0.15, -0.1) is 11.8 Å². The Morgan fingerprint density at radius 1 is 1.03 bits per heavy atom. The van der Waals surface area contributed by atoms with Crippen LogP contribution in [0.2, 0.25) is 0 Å². The first-order chi connectivity index (χ1) is 16.0. The molecule has 5 rings (SSSR count). The molecule has 1 aliphatic carbocycles. The molecule has 33 heavy (non-hydrogen) atoms. The van der Waals surface area contributed by atoms with Crippen LogP contribution in [0, 0.1) is 11.8 Å². The first kappa shape index (κ1) is 23.0. The summed E-state index contributed by atoms with van der Waals surface area (Å²) in [5, 5.41) is 9.21. The van der Waals surface area contributed by atoms with Gasteiger partial charge in [0.05, 0.1) is 16.6 Å². The first-order valence-electron chi connectivity index (χ1n) is 12.5. The SMILES string of the molecule is CN1CC=C[C@H]2S[C@]34C=CCN(C5CCCCC5)C(=O)C3N(CCCCO)C(=O)[C@@H]4[C@H]2C1=O. The van der Waals surface area contributed by atoms with Gasteiger partial charge in [-0.3, -0.25) is 14.4 Å². The van der Waals surface area contributed by atoms with Crippen LogP contribution in [0.4, 0.5) is 0 Å². The molecular formula is C25H35N3O4S. The number of likely N-dealkylation sites (N-methyl/N-ethyl adjacent to an activating group) is 1. The average molecular weight is 474 g/mol. The normalized spacial score (nSPS) is 36.7. The number of hydrogen-bond acceptors (Lipinski definition) is 5. The summed E-state index contributed by atoms with van der Waals surface area (Å²) >= 11 is 1.65. The van der Waals surface area contributed by atoms with E-state index in [1.165, 1.54) is 6.42 Å². The lowest BCUT2D eigenvalue weighted by atomic mass is 9.78. The van der Waals surface area contributed by atoms with Gasteiger partial charge in [-0.25, -0.2) is 0 Å². The van der Waals surface area contributed by atoms with Crippen LogP contribution in [0.25, 0.3) is 0 Å². The lowest BCUT2D eigenvalue weighted by Crippen LogP contribution is -2.55. The minimum Gasteiger partial charge on any atom is -0.396 e. The molecule has 5 atom stereocenters. The Balaban J connectivity index is 1.55. The molecule has 3 fully saturated rings. The highest BCUT2D eigenvalue weighted by Crippen LogP contribution is 2.61. The van der Waals surface area contributed by atoms with E-state index in [1.54, 1.807) is 28.6 Å². The van der Waals surface area contributed by atoms with E-state index in [4.69, 9.17) is 0 Å². The molecule has 4 aliphatic heterocycles. The van der Waals surface area contributed by atoms with Gasteiger partial charge < -0.3 is 19.8 Å². The van der Waals surface area contributed by atoms with Gasteiger partial charge in [0.25, 0.3) is 0 Å². The lowest BCUT2D eigenvalue weighted by molar-refractivity contribution is -0.145. The summed E-state index contributed by atoms with van der Waals surface area (Å²) in [6.07, 6.45) is 15.1. The second kappa shape index (κ2) is 9.10. The molecule has 1 N–H and O–H groups in total. The standard InChI is InChI=1S/C25H35N3O4S/c1-26-13-7-11-18-19(22(26)30)20-23(31)28(14-5-6-16-29)21-24(32)27(17-9-3-2-4-10-17)15-8-12-25(20,21)33-18/h7-8,11-12,17-21,29H,2-6,9-10,13-16H2,1H3/t18-,19+,20+,21?,25+/m1/s1. The molecular weight excluding hydrogens is 438 g/mol. The highest BCUT2D eigenvalue weighted by Gasteiger charge is 2.70.